The van der Waals surface area contributed by atoms with E-state index in [1.54, 1.807) is 18.2 Å². The largest absolute Gasteiger partial charge is 0.374 e. The van der Waals surface area contributed by atoms with Crippen molar-refractivity contribution in [2.45, 2.75) is 6.54 Å². The molecule has 3 nitrogen and oxygen atoms in total. The molecule has 0 radical (unpaired) electrons. The van der Waals surface area contributed by atoms with Crippen LogP contribution in [0.25, 0.3) is 0 Å². The molecule has 5 heteroatoms. The van der Waals surface area contributed by atoms with E-state index < -0.39 is 0 Å². The Labute approximate surface area is 127 Å². The quantitative estimate of drug-likeness (QED) is 0.884. The van der Waals surface area contributed by atoms with Crippen molar-refractivity contribution in [3.05, 3.63) is 64.1 Å². The molecule has 2 rings (SSSR count). The van der Waals surface area contributed by atoms with E-state index in [0.717, 1.165) is 5.56 Å². The number of anilines is 1. The number of nitrogens with one attached hydrogen (secondary N) is 2. The van der Waals surface area contributed by atoms with Crippen LogP contribution in [0.5, 0.6) is 0 Å². The van der Waals surface area contributed by atoms with Gasteiger partial charge in [-0.1, -0.05) is 59.6 Å². The van der Waals surface area contributed by atoms with Gasteiger partial charge in [-0.2, -0.15) is 0 Å². The smallest absolute Gasteiger partial charge is 0.239 e. The maximum atomic E-state index is 11.8. The summed E-state index contributed by atoms with van der Waals surface area (Å²) in [4.78, 5) is 11.8. The van der Waals surface area contributed by atoms with Gasteiger partial charge in [0, 0.05) is 6.54 Å². The number of halogens is 2. The fraction of sp³-hybridized carbons (Fsp3) is 0.133. The number of para-hydroxylation sites is 1. The minimum atomic E-state index is -0.121. The minimum Gasteiger partial charge on any atom is -0.374 e. The van der Waals surface area contributed by atoms with E-state index in [1.165, 1.54) is 0 Å². The third-order valence-electron chi connectivity index (χ3n) is 2.72. The Balaban J connectivity index is 1.84. The van der Waals surface area contributed by atoms with Crippen molar-refractivity contribution in [2.24, 2.45) is 0 Å². The van der Waals surface area contributed by atoms with Gasteiger partial charge < -0.3 is 10.6 Å². The van der Waals surface area contributed by atoms with Crippen molar-refractivity contribution in [2.75, 3.05) is 11.9 Å². The molecule has 2 aromatic rings. The second kappa shape index (κ2) is 7.17. The number of benzene rings is 2. The molecule has 0 heterocycles. The average Bonchev–Trinajstić information content (AvgIpc) is 2.46. The van der Waals surface area contributed by atoms with E-state index in [1.807, 2.05) is 30.3 Å². The normalized spacial score (nSPS) is 10.1. The second-order valence-corrected chi connectivity index (χ2v) is 5.03. The van der Waals surface area contributed by atoms with Gasteiger partial charge in [-0.25, -0.2) is 0 Å². The van der Waals surface area contributed by atoms with E-state index >= 15 is 0 Å². The van der Waals surface area contributed by atoms with Crippen LogP contribution < -0.4 is 10.6 Å². The van der Waals surface area contributed by atoms with E-state index in [-0.39, 0.29) is 12.5 Å². The van der Waals surface area contributed by atoms with E-state index in [2.05, 4.69) is 10.6 Å². The van der Waals surface area contributed by atoms with Gasteiger partial charge >= 0.3 is 0 Å². The first-order chi connectivity index (χ1) is 9.66. The van der Waals surface area contributed by atoms with Crippen LogP contribution >= 0.6 is 23.2 Å². The standard InChI is InChI=1S/C15H14Cl2N2O/c16-12-7-4-8-13(17)15(12)19-10-14(20)18-9-11-5-2-1-3-6-11/h1-8,19H,9-10H2,(H,18,20). The third kappa shape index (κ3) is 4.15. The van der Waals surface area contributed by atoms with E-state index in [4.69, 9.17) is 23.2 Å². The number of amides is 1. The monoisotopic (exact) mass is 308 g/mol. The minimum absolute atomic E-state index is 0.121. The zero-order valence-corrected chi connectivity index (χ0v) is 12.2. The van der Waals surface area contributed by atoms with Gasteiger partial charge in [-0.05, 0) is 17.7 Å². The second-order valence-electron chi connectivity index (χ2n) is 4.21. The van der Waals surface area contributed by atoms with Crippen molar-refractivity contribution in [1.82, 2.24) is 5.32 Å². The van der Waals surface area contributed by atoms with Gasteiger partial charge in [0.1, 0.15) is 0 Å². The highest BCUT2D eigenvalue weighted by Crippen LogP contribution is 2.29. The Bertz CT molecular complexity index is 567. The summed E-state index contributed by atoms with van der Waals surface area (Å²) >= 11 is 12.0. The first-order valence-corrected chi connectivity index (χ1v) is 6.91. The summed E-state index contributed by atoms with van der Waals surface area (Å²) in [5.74, 6) is -0.121. The molecule has 0 spiro atoms. The predicted molar refractivity (Wildman–Crippen MR) is 83.2 cm³/mol. The van der Waals surface area contributed by atoms with Gasteiger partial charge in [0.2, 0.25) is 5.91 Å². The summed E-state index contributed by atoms with van der Waals surface area (Å²) in [5, 5.41) is 6.75. The number of carbonyl (C=O) groups excluding carboxylic acids is 1. The van der Waals surface area contributed by atoms with Crippen LogP contribution in [-0.2, 0) is 11.3 Å². The van der Waals surface area contributed by atoms with Gasteiger partial charge in [-0.15, -0.1) is 0 Å². The molecule has 0 atom stereocenters. The molecule has 104 valence electrons. The zero-order chi connectivity index (χ0) is 14.4. The summed E-state index contributed by atoms with van der Waals surface area (Å²) in [6.45, 7) is 0.619. The Kier molecular flexibility index (Phi) is 5.27. The van der Waals surface area contributed by atoms with Crippen molar-refractivity contribution in [3.8, 4) is 0 Å². The maximum absolute atomic E-state index is 11.8. The Morgan fingerprint density at radius 2 is 1.60 bits per heavy atom. The zero-order valence-electron chi connectivity index (χ0n) is 10.7. The molecule has 20 heavy (non-hydrogen) atoms. The van der Waals surface area contributed by atoms with Crippen molar-refractivity contribution < 1.29 is 4.79 Å². The highest BCUT2D eigenvalue weighted by Gasteiger charge is 2.07. The van der Waals surface area contributed by atoms with Crippen LogP contribution in [0.3, 0.4) is 0 Å². The van der Waals surface area contributed by atoms with Crippen molar-refractivity contribution in [1.29, 1.82) is 0 Å². The van der Waals surface area contributed by atoms with Gasteiger partial charge in [0.05, 0.1) is 22.3 Å². The summed E-state index contributed by atoms with van der Waals surface area (Å²) in [5.41, 5.74) is 1.63. The lowest BCUT2D eigenvalue weighted by atomic mass is 10.2. The van der Waals surface area contributed by atoms with Crippen LogP contribution in [0.1, 0.15) is 5.56 Å². The van der Waals surface area contributed by atoms with Crippen LogP contribution in [0.2, 0.25) is 10.0 Å². The van der Waals surface area contributed by atoms with Gasteiger partial charge in [-0.3, -0.25) is 4.79 Å². The van der Waals surface area contributed by atoms with Crippen LogP contribution in [0.15, 0.2) is 48.5 Å². The lowest BCUT2D eigenvalue weighted by Gasteiger charge is -2.10. The van der Waals surface area contributed by atoms with E-state index in [0.29, 0.717) is 22.3 Å². The fourth-order valence-corrected chi connectivity index (χ4v) is 2.23. The molecule has 1 amide bonds. The summed E-state index contributed by atoms with van der Waals surface area (Å²) in [6.07, 6.45) is 0. The third-order valence-corrected chi connectivity index (χ3v) is 3.35. The molecule has 0 aliphatic rings. The molecule has 0 saturated heterocycles. The summed E-state index contributed by atoms with van der Waals surface area (Å²) in [6, 6.07) is 14.9. The highest BCUT2D eigenvalue weighted by atomic mass is 35.5. The molecule has 0 fully saturated rings. The van der Waals surface area contributed by atoms with Crippen molar-refractivity contribution >= 4 is 34.8 Å². The SMILES string of the molecule is O=C(CNc1c(Cl)cccc1Cl)NCc1ccccc1. The van der Waals surface area contributed by atoms with E-state index in [9.17, 15) is 4.79 Å². The molecule has 0 aromatic heterocycles. The first kappa shape index (κ1) is 14.7. The molecular formula is C15H14Cl2N2O. The number of hydrogen-bond donors (Lipinski definition) is 2. The predicted octanol–water partition coefficient (Wildman–Crippen LogP) is 3.72. The van der Waals surface area contributed by atoms with Crippen LogP contribution in [0, 0.1) is 0 Å². The summed E-state index contributed by atoms with van der Waals surface area (Å²) in [7, 11) is 0. The van der Waals surface area contributed by atoms with Crippen LogP contribution in [-0.4, -0.2) is 12.5 Å². The van der Waals surface area contributed by atoms with Gasteiger partial charge in [0.25, 0.3) is 0 Å². The molecule has 0 aliphatic carbocycles. The number of hydrogen-bond acceptors (Lipinski definition) is 2. The Morgan fingerprint density at radius 3 is 2.25 bits per heavy atom. The van der Waals surface area contributed by atoms with Crippen LogP contribution in [0.4, 0.5) is 5.69 Å². The molecular weight excluding hydrogens is 295 g/mol. The number of carbonyl (C=O) groups is 1. The topological polar surface area (TPSA) is 41.1 Å². The Hall–Kier alpha value is -1.71. The highest BCUT2D eigenvalue weighted by molar-refractivity contribution is 6.39. The molecule has 0 aliphatic heterocycles. The Morgan fingerprint density at radius 1 is 0.950 bits per heavy atom. The fourth-order valence-electron chi connectivity index (χ4n) is 1.69. The van der Waals surface area contributed by atoms with Crippen molar-refractivity contribution in [3.63, 3.8) is 0 Å². The molecule has 0 saturated carbocycles. The molecule has 0 unspecified atom stereocenters. The average molecular weight is 309 g/mol. The molecule has 0 bridgehead atoms. The lowest BCUT2D eigenvalue weighted by Crippen LogP contribution is -2.29. The van der Waals surface area contributed by atoms with Gasteiger partial charge in [0.15, 0.2) is 0 Å². The lowest BCUT2D eigenvalue weighted by molar-refractivity contribution is -0.119. The summed E-state index contributed by atoms with van der Waals surface area (Å²) < 4.78 is 0. The molecule has 2 N–H and O–H groups in total. The molecule has 2 aromatic carbocycles. The maximum Gasteiger partial charge on any atom is 0.239 e. The first-order valence-electron chi connectivity index (χ1n) is 6.15. The number of rotatable bonds is 5.